The fourth-order valence-electron chi connectivity index (χ4n) is 5.33. The van der Waals surface area contributed by atoms with Gasteiger partial charge >= 0.3 is 0 Å². The number of ether oxygens (including phenoxy) is 1. The van der Waals surface area contributed by atoms with E-state index < -0.39 is 23.6 Å². The highest BCUT2D eigenvalue weighted by Gasteiger charge is 2.45. The highest BCUT2D eigenvalue weighted by atomic mass is 35.5. The number of hydrogen-bond donors (Lipinski definition) is 2. The van der Waals surface area contributed by atoms with Crippen molar-refractivity contribution in [3.63, 3.8) is 0 Å². The van der Waals surface area contributed by atoms with Gasteiger partial charge in [0.05, 0.1) is 24.4 Å². The predicted octanol–water partition coefficient (Wildman–Crippen LogP) is 3.17. The van der Waals surface area contributed by atoms with Crippen molar-refractivity contribution in [2.45, 2.75) is 83.5 Å². The number of rotatable bonds is 6. The third kappa shape index (κ3) is 4.83. The number of aliphatic hydroxyl groups is 1. The van der Waals surface area contributed by atoms with Gasteiger partial charge in [-0.3, -0.25) is 9.59 Å². The van der Waals surface area contributed by atoms with E-state index in [0.29, 0.717) is 17.5 Å². The van der Waals surface area contributed by atoms with E-state index in [9.17, 15) is 14.7 Å². The number of aromatic nitrogens is 3. The van der Waals surface area contributed by atoms with E-state index in [-0.39, 0.29) is 30.8 Å². The molecule has 1 aromatic heterocycles. The Morgan fingerprint density at radius 3 is 2.72 bits per heavy atom. The molecule has 3 heterocycles. The number of nitrogens with zero attached hydrogens (tertiary/aromatic N) is 4. The van der Waals surface area contributed by atoms with Crippen LogP contribution in [0.4, 0.5) is 0 Å². The molecule has 10 heteroatoms. The fourth-order valence-corrected chi connectivity index (χ4v) is 5.58. The molecule has 2 amide bonds. The largest absolute Gasteiger partial charge is 0.493 e. The summed E-state index contributed by atoms with van der Waals surface area (Å²) in [5.74, 6) is 0.618. The van der Waals surface area contributed by atoms with Crippen molar-refractivity contribution in [3.8, 4) is 5.75 Å². The van der Waals surface area contributed by atoms with Crippen molar-refractivity contribution in [2.24, 2.45) is 5.41 Å². The molecule has 36 heavy (non-hydrogen) atoms. The highest BCUT2D eigenvalue weighted by Crippen LogP contribution is 2.41. The maximum Gasteiger partial charge on any atom is 0.248 e. The maximum absolute atomic E-state index is 13.9. The molecule has 1 aliphatic carbocycles. The molecule has 2 aliphatic heterocycles. The van der Waals surface area contributed by atoms with E-state index >= 15 is 0 Å². The smallest absolute Gasteiger partial charge is 0.248 e. The van der Waals surface area contributed by atoms with Gasteiger partial charge in [-0.2, -0.15) is 0 Å². The Kier molecular flexibility index (Phi) is 6.49. The lowest BCUT2D eigenvalue weighted by atomic mass is 9.85. The number of hydrogen-bond acceptors (Lipinski definition) is 6. The molecule has 1 saturated heterocycles. The van der Waals surface area contributed by atoms with E-state index in [0.717, 1.165) is 41.8 Å². The second-order valence-electron chi connectivity index (χ2n) is 11.4. The molecule has 0 spiro atoms. The van der Waals surface area contributed by atoms with Gasteiger partial charge in [-0.1, -0.05) is 37.6 Å². The number of halogens is 1. The zero-order chi connectivity index (χ0) is 25.8. The normalized spacial score (nSPS) is 23.2. The lowest BCUT2D eigenvalue weighted by Crippen LogP contribution is -2.50. The number of likely N-dealkylation sites (tertiary alicyclic amines) is 1. The minimum Gasteiger partial charge on any atom is -0.493 e. The zero-order valence-corrected chi connectivity index (χ0v) is 22.0. The topological polar surface area (TPSA) is 110 Å². The van der Waals surface area contributed by atoms with Crippen LogP contribution in [0.3, 0.4) is 0 Å². The van der Waals surface area contributed by atoms with Gasteiger partial charge in [0.2, 0.25) is 11.8 Å². The summed E-state index contributed by atoms with van der Waals surface area (Å²) >= 11 is 6.31. The fraction of sp³-hybridized carbons (Fsp3) is 0.615. The first-order valence-corrected chi connectivity index (χ1v) is 13.1. The number of carbonyl (C=O) groups is 2. The van der Waals surface area contributed by atoms with Crippen LogP contribution >= 0.6 is 11.6 Å². The number of benzene rings is 1. The standard InChI is InChI=1S/C26H34ClN5O4/c1-14(19-10-17(27)9-16-7-8-36-22(16)19)28-24(34)21-11-18(33)12-31(21)25(35)23(26(2,3)4)32-13-20(29-30-32)15-5-6-15/h9-10,13-15,18,21,23,33H,5-8,11-12H2,1-4H3,(H,28,34)/t14?,18-,21+,23-/m1/s1. The molecule has 1 saturated carbocycles. The third-order valence-corrected chi connectivity index (χ3v) is 7.53. The van der Waals surface area contributed by atoms with Crippen LogP contribution < -0.4 is 10.1 Å². The average Bonchev–Trinajstić information content (AvgIpc) is 3.17. The number of nitrogens with one attached hydrogen (secondary N) is 1. The SMILES string of the molecule is CC(NC(=O)[C@@H]1C[C@@H](O)CN1C(=O)[C@@H](n1cc(C2CC2)nn1)C(C)(C)C)c1cc(Cl)cc2c1OCC2. The number of carbonyl (C=O) groups excluding carboxylic acids is 2. The molecule has 3 aliphatic rings. The van der Waals surface area contributed by atoms with Gasteiger partial charge in [0.15, 0.2) is 0 Å². The molecule has 2 fully saturated rings. The van der Waals surface area contributed by atoms with Crippen molar-refractivity contribution in [3.05, 3.63) is 40.2 Å². The molecule has 1 aromatic carbocycles. The van der Waals surface area contributed by atoms with Crippen LogP contribution in [0.15, 0.2) is 18.3 Å². The van der Waals surface area contributed by atoms with Gasteiger partial charge in [0.1, 0.15) is 17.8 Å². The number of fused-ring (bicyclic) bond motifs is 1. The second-order valence-corrected chi connectivity index (χ2v) is 11.8. The van der Waals surface area contributed by atoms with Gasteiger partial charge < -0.3 is 20.1 Å². The average molecular weight is 516 g/mol. The monoisotopic (exact) mass is 515 g/mol. The van der Waals surface area contributed by atoms with Crippen LogP contribution in [-0.2, 0) is 16.0 Å². The van der Waals surface area contributed by atoms with Gasteiger partial charge in [0.25, 0.3) is 0 Å². The predicted molar refractivity (Wildman–Crippen MR) is 134 cm³/mol. The summed E-state index contributed by atoms with van der Waals surface area (Å²) in [6, 6.07) is 1.87. The van der Waals surface area contributed by atoms with Crippen LogP contribution in [0.25, 0.3) is 0 Å². The van der Waals surface area contributed by atoms with Gasteiger partial charge in [-0.05, 0) is 42.9 Å². The summed E-state index contributed by atoms with van der Waals surface area (Å²) in [7, 11) is 0. The zero-order valence-electron chi connectivity index (χ0n) is 21.2. The van der Waals surface area contributed by atoms with Crippen molar-refractivity contribution in [1.29, 1.82) is 0 Å². The number of β-amino-alcohol motifs (C(OH)–C–C–N with tert-alkyl or cyclic N) is 1. The van der Waals surface area contributed by atoms with E-state index in [2.05, 4.69) is 15.6 Å². The molecule has 1 unspecified atom stereocenters. The second kappa shape index (κ2) is 9.34. The molecule has 9 nitrogen and oxygen atoms in total. The summed E-state index contributed by atoms with van der Waals surface area (Å²) in [4.78, 5) is 28.9. The number of amides is 2. The maximum atomic E-state index is 13.9. The Hall–Kier alpha value is -2.65. The van der Waals surface area contributed by atoms with Gasteiger partial charge in [-0.15, -0.1) is 5.10 Å². The minimum atomic E-state index is -0.792. The molecule has 0 radical (unpaired) electrons. The molecular formula is C26H34ClN5O4. The van der Waals surface area contributed by atoms with Crippen molar-refractivity contribution >= 4 is 23.4 Å². The Morgan fingerprint density at radius 1 is 1.28 bits per heavy atom. The van der Waals surface area contributed by atoms with E-state index in [1.807, 2.05) is 40.0 Å². The Labute approximate surface area is 216 Å². The van der Waals surface area contributed by atoms with Crippen LogP contribution in [0.5, 0.6) is 5.75 Å². The van der Waals surface area contributed by atoms with E-state index in [1.165, 1.54) is 4.90 Å². The van der Waals surface area contributed by atoms with Crippen molar-refractivity contribution in [2.75, 3.05) is 13.2 Å². The van der Waals surface area contributed by atoms with Crippen molar-refractivity contribution in [1.82, 2.24) is 25.2 Å². The van der Waals surface area contributed by atoms with Gasteiger partial charge in [0, 0.05) is 42.1 Å². The molecule has 2 aromatic rings. The molecule has 4 atom stereocenters. The Morgan fingerprint density at radius 2 is 2.03 bits per heavy atom. The summed E-state index contributed by atoms with van der Waals surface area (Å²) in [5, 5.41) is 22.7. The lowest BCUT2D eigenvalue weighted by Gasteiger charge is -2.35. The summed E-state index contributed by atoms with van der Waals surface area (Å²) in [6.07, 6.45) is 4.21. The molecule has 2 N–H and O–H groups in total. The third-order valence-electron chi connectivity index (χ3n) is 7.31. The van der Waals surface area contributed by atoms with E-state index in [1.54, 1.807) is 10.7 Å². The first-order valence-electron chi connectivity index (χ1n) is 12.7. The molecule has 5 rings (SSSR count). The van der Waals surface area contributed by atoms with Crippen LogP contribution in [0, 0.1) is 5.41 Å². The summed E-state index contributed by atoms with van der Waals surface area (Å²) in [6.45, 7) is 8.46. The van der Waals surface area contributed by atoms with Crippen LogP contribution in [-0.4, -0.2) is 62.1 Å². The van der Waals surface area contributed by atoms with Crippen LogP contribution in [0.2, 0.25) is 5.02 Å². The first kappa shape index (κ1) is 25.0. The Bertz CT molecular complexity index is 1170. The summed E-state index contributed by atoms with van der Waals surface area (Å²) < 4.78 is 7.43. The van der Waals surface area contributed by atoms with Crippen LogP contribution in [0.1, 0.15) is 81.8 Å². The highest BCUT2D eigenvalue weighted by molar-refractivity contribution is 6.30. The van der Waals surface area contributed by atoms with E-state index in [4.69, 9.17) is 16.3 Å². The summed E-state index contributed by atoms with van der Waals surface area (Å²) in [5.41, 5.74) is 2.25. The van der Waals surface area contributed by atoms with Crippen molar-refractivity contribution < 1.29 is 19.4 Å². The molecule has 194 valence electrons. The lowest BCUT2D eigenvalue weighted by molar-refractivity contribution is -0.144. The molecular weight excluding hydrogens is 482 g/mol. The quantitative estimate of drug-likeness (QED) is 0.611. The molecule has 0 bridgehead atoms. The minimum absolute atomic E-state index is 0.0950. The van der Waals surface area contributed by atoms with Gasteiger partial charge in [-0.25, -0.2) is 4.68 Å². The number of aliphatic hydroxyl groups excluding tert-OH is 1. The first-order chi connectivity index (χ1) is 17.0. The Balaban J connectivity index is 1.36.